The second kappa shape index (κ2) is 6.53. The lowest BCUT2D eigenvalue weighted by Gasteiger charge is -2.38. The Hall–Kier alpha value is -0.380. The van der Waals surface area contributed by atoms with Gasteiger partial charge in [0.05, 0.1) is 7.11 Å². The third kappa shape index (κ3) is 3.30. The van der Waals surface area contributed by atoms with Crippen molar-refractivity contribution in [2.45, 2.75) is 29.9 Å². The first-order chi connectivity index (χ1) is 8.02. The second-order valence-electron chi connectivity index (χ2n) is 3.58. The zero-order valence-corrected chi connectivity index (χ0v) is 10.2. The van der Waals surface area contributed by atoms with Gasteiger partial charge in [-0.05, 0) is 0 Å². The van der Waals surface area contributed by atoms with Crippen molar-refractivity contribution < 1.29 is 29.6 Å². The minimum Gasteiger partial charge on any atom is -0.467 e. The fourth-order valence-electron chi connectivity index (χ4n) is 1.48. The lowest BCUT2D eigenvalue weighted by molar-refractivity contribution is -0.211. The summed E-state index contributed by atoms with van der Waals surface area (Å²) >= 11 is 1.17. The lowest BCUT2D eigenvalue weighted by atomic mass is 10.00. The molecule has 7 nitrogen and oxygen atoms in total. The van der Waals surface area contributed by atoms with Gasteiger partial charge >= 0.3 is 5.97 Å². The maximum Gasteiger partial charge on any atom is 0.337 e. The highest BCUT2D eigenvalue weighted by atomic mass is 32.2. The van der Waals surface area contributed by atoms with Gasteiger partial charge in [-0.1, -0.05) is 0 Å². The molecule has 0 radical (unpaired) electrons. The molecule has 5 N–H and O–H groups in total. The Bertz CT molecular complexity index is 266. The molecule has 1 rings (SSSR count). The number of nitrogens with two attached hydrogens (primary N) is 1. The van der Waals surface area contributed by atoms with E-state index < -0.39 is 35.8 Å². The number of hydrogen-bond donors (Lipinski definition) is 4. The van der Waals surface area contributed by atoms with Gasteiger partial charge in [-0.15, -0.1) is 11.8 Å². The van der Waals surface area contributed by atoms with E-state index in [9.17, 15) is 20.1 Å². The van der Waals surface area contributed by atoms with Gasteiger partial charge in [-0.2, -0.15) is 0 Å². The van der Waals surface area contributed by atoms with E-state index in [1.165, 1.54) is 11.8 Å². The Morgan fingerprint density at radius 2 is 2.00 bits per heavy atom. The molecule has 0 spiro atoms. The third-order valence-corrected chi connectivity index (χ3v) is 3.59. The maximum atomic E-state index is 11.3. The number of ether oxygens (including phenoxy) is 2. The molecule has 17 heavy (non-hydrogen) atoms. The van der Waals surface area contributed by atoms with Gasteiger partial charge in [0.25, 0.3) is 0 Å². The first-order valence-electron chi connectivity index (χ1n) is 5.12. The summed E-state index contributed by atoms with van der Waals surface area (Å²) < 4.78 is 9.65. The van der Waals surface area contributed by atoms with Crippen LogP contribution in [0.2, 0.25) is 0 Å². The summed E-state index contributed by atoms with van der Waals surface area (Å²) in [6.07, 6.45) is -5.54. The zero-order valence-electron chi connectivity index (χ0n) is 9.35. The lowest BCUT2D eigenvalue weighted by Crippen LogP contribution is -2.59. The fourth-order valence-corrected chi connectivity index (χ4v) is 2.41. The molecule has 5 atom stereocenters. The van der Waals surface area contributed by atoms with E-state index in [4.69, 9.17) is 10.5 Å². The molecule has 0 bridgehead atoms. The minimum atomic E-state index is -1.51. The molecule has 8 heteroatoms. The van der Waals surface area contributed by atoms with Crippen molar-refractivity contribution >= 4 is 17.7 Å². The average Bonchev–Trinajstić information content (AvgIpc) is 2.34. The van der Waals surface area contributed by atoms with Crippen LogP contribution in [0.3, 0.4) is 0 Å². The zero-order chi connectivity index (χ0) is 13.0. The Morgan fingerprint density at radius 1 is 1.35 bits per heavy atom. The summed E-state index contributed by atoms with van der Waals surface area (Å²) in [5.41, 5.74) is 4.49. The maximum absolute atomic E-state index is 11.3. The number of esters is 1. The molecule has 1 aliphatic rings. The van der Waals surface area contributed by atoms with Crippen molar-refractivity contribution in [1.29, 1.82) is 0 Å². The van der Waals surface area contributed by atoms with Crippen LogP contribution in [-0.4, -0.2) is 70.5 Å². The molecule has 1 heterocycles. The van der Waals surface area contributed by atoms with Crippen LogP contribution in [0.25, 0.3) is 0 Å². The molecule has 0 aromatic rings. The molecule has 0 aliphatic carbocycles. The average molecular weight is 267 g/mol. The molecule has 1 saturated heterocycles. The van der Waals surface area contributed by atoms with Gasteiger partial charge in [-0.25, -0.2) is 4.79 Å². The first kappa shape index (κ1) is 14.7. The van der Waals surface area contributed by atoms with Crippen LogP contribution in [0, 0.1) is 0 Å². The molecule has 1 fully saturated rings. The Morgan fingerprint density at radius 3 is 2.53 bits per heavy atom. The van der Waals surface area contributed by atoms with E-state index in [2.05, 4.69) is 4.74 Å². The van der Waals surface area contributed by atoms with Crippen molar-refractivity contribution in [3.05, 3.63) is 0 Å². The number of thioether (sulfide) groups is 1. The van der Waals surface area contributed by atoms with Crippen LogP contribution < -0.4 is 5.73 Å². The van der Waals surface area contributed by atoms with E-state index >= 15 is 0 Å². The van der Waals surface area contributed by atoms with Crippen molar-refractivity contribution in [1.82, 2.24) is 0 Å². The van der Waals surface area contributed by atoms with Crippen LogP contribution in [-0.2, 0) is 14.3 Å². The number of aliphatic hydroxyl groups excluding tert-OH is 3. The second-order valence-corrected chi connectivity index (χ2v) is 4.79. The van der Waals surface area contributed by atoms with Gasteiger partial charge in [-0.3, -0.25) is 0 Å². The van der Waals surface area contributed by atoms with Crippen LogP contribution in [0.4, 0.5) is 0 Å². The molecular weight excluding hydrogens is 250 g/mol. The predicted octanol–water partition coefficient (Wildman–Crippen LogP) is -2.34. The monoisotopic (exact) mass is 267 g/mol. The summed E-state index contributed by atoms with van der Waals surface area (Å²) in [4.78, 5) is 11.3. The van der Waals surface area contributed by atoms with E-state index in [-0.39, 0.29) is 0 Å². The van der Waals surface area contributed by atoms with Gasteiger partial charge in [0.15, 0.2) is 6.10 Å². The number of carbonyl (C=O) groups excluding carboxylic acids is 1. The molecule has 100 valence electrons. The molecule has 0 aromatic heterocycles. The molecule has 0 saturated carbocycles. The normalized spacial score (nSPS) is 37.8. The number of carbonyl (C=O) groups is 1. The highest BCUT2D eigenvalue weighted by Gasteiger charge is 2.47. The SMILES string of the molecule is COC(=O)[C@H]1O[C@@H](SCCN)[C@H](O)[C@@H](O)[C@@H]1O. The van der Waals surface area contributed by atoms with Gasteiger partial charge in [0.2, 0.25) is 0 Å². The van der Waals surface area contributed by atoms with Crippen molar-refractivity contribution in [3.8, 4) is 0 Å². The largest absolute Gasteiger partial charge is 0.467 e. The Balaban J connectivity index is 2.71. The van der Waals surface area contributed by atoms with E-state index in [0.717, 1.165) is 7.11 Å². The van der Waals surface area contributed by atoms with Crippen LogP contribution in [0.1, 0.15) is 0 Å². The summed E-state index contributed by atoms with van der Waals surface area (Å²) in [6, 6.07) is 0. The number of hydrogen-bond acceptors (Lipinski definition) is 8. The molecule has 0 aromatic carbocycles. The Labute approximate surface area is 103 Å². The standard InChI is InChI=1S/C9H17NO6S/c1-15-8(14)7-5(12)4(11)6(13)9(16-7)17-3-2-10/h4-7,9,11-13H,2-3,10H2,1H3/t4-,5-,6+,7-,9-/m0/s1. The predicted molar refractivity (Wildman–Crippen MR) is 60.2 cm³/mol. The molecule has 0 amide bonds. The summed E-state index contributed by atoms with van der Waals surface area (Å²) in [6.45, 7) is 0.374. The summed E-state index contributed by atoms with van der Waals surface area (Å²) in [5.74, 6) is -0.292. The summed E-state index contributed by atoms with van der Waals surface area (Å²) in [5, 5.41) is 28.8. The van der Waals surface area contributed by atoms with Crippen LogP contribution in [0.15, 0.2) is 0 Å². The highest BCUT2D eigenvalue weighted by Crippen LogP contribution is 2.28. The first-order valence-corrected chi connectivity index (χ1v) is 6.17. The minimum absolute atomic E-state index is 0.374. The van der Waals surface area contributed by atoms with Gasteiger partial charge < -0.3 is 30.5 Å². The highest BCUT2D eigenvalue weighted by molar-refractivity contribution is 7.99. The van der Waals surface area contributed by atoms with Crippen LogP contribution in [0.5, 0.6) is 0 Å². The van der Waals surface area contributed by atoms with Crippen molar-refractivity contribution in [3.63, 3.8) is 0 Å². The quantitative estimate of drug-likeness (QED) is 0.418. The Kier molecular flexibility index (Phi) is 5.63. The molecule has 1 aliphatic heterocycles. The smallest absolute Gasteiger partial charge is 0.337 e. The summed E-state index contributed by atoms with van der Waals surface area (Å²) in [7, 11) is 1.15. The van der Waals surface area contributed by atoms with Gasteiger partial charge in [0, 0.05) is 12.3 Å². The topological polar surface area (TPSA) is 122 Å². The van der Waals surface area contributed by atoms with E-state index in [0.29, 0.717) is 12.3 Å². The molecule has 0 unspecified atom stereocenters. The molecular formula is C9H17NO6S. The van der Waals surface area contributed by atoms with Crippen molar-refractivity contribution in [2.75, 3.05) is 19.4 Å². The van der Waals surface area contributed by atoms with Crippen LogP contribution >= 0.6 is 11.8 Å². The fraction of sp³-hybridized carbons (Fsp3) is 0.889. The third-order valence-electron chi connectivity index (χ3n) is 2.40. The van der Waals surface area contributed by atoms with E-state index in [1.807, 2.05) is 0 Å². The number of rotatable bonds is 4. The number of methoxy groups -OCH3 is 1. The van der Waals surface area contributed by atoms with Crippen molar-refractivity contribution in [2.24, 2.45) is 5.73 Å². The van der Waals surface area contributed by atoms with E-state index in [1.54, 1.807) is 0 Å². The number of aliphatic hydroxyl groups is 3. The van der Waals surface area contributed by atoms with Gasteiger partial charge in [0.1, 0.15) is 23.7 Å².